The lowest BCUT2D eigenvalue weighted by Gasteiger charge is -2.02. The summed E-state index contributed by atoms with van der Waals surface area (Å²) < 4.78 is 14.7. The lowest BCUT2D eigenvalue weighted by atomic mass is 10.2. The number of pyridine rings is 1. The van der Waals surface area contributed by atoms with Crippen molar-refractivity contribution in [3.8, 4) is 0 Å². The van der Waals surface area contributed by atoms with Crippen molar-refractivity contribution in [2.24, 2.45) is 5.73 Å². The summed E-state index contributed by atoms with van der Waals surface area (Å²) >= 11 is 0. The molecule has 0 unspecified atom stereocenters. The Hall–Kier alpha value is -1.79. The lowest BCUT2D eigenvalue weighted by molar-refractivity contribution is -0.140. The van der Waals surface area contributed by atoms with Crippen molar-refractivity contribution in [2.45, 2.75) is 19.3 Å². The maximum absolute atomic E-state index is 10.5. The number of rotatable bonds is 5. The SMILES string of the molecule is CN.COC(=O)CCCCP(=O)(O)O.c1ccc2ncccc2c1. The second kappa shape index (κ2) is 12.6. The number of esters is 1. The minimum atomic E-state index is -3.89. The molecule has 0 radical (unpaired) electrons. The minimum Gasteiger partial charge on any atom is -0.469 e. The first-order chi connectivity index (χ1) is 11.4. The highest BCUT2D eigenvalue weighted by molar-refractivity contribution is 7.51. The number of para-hydroxylation sites is 1. The Kier molecular flexibility index (Phi) is 11.7. The number of hydrogen-bond acceptors (Lipinski definition) is 5. The van der Waals surface area contributed by atoms with E-state index in [2.05, 4.69) is 27.6 Å². The molecule has 0 saturated carbocycles. The summed E-state index contributed by atoms with van der Waals surface area (Å²) in [7, 11) is -1.10. The van der Waals surface area contributed by atoms with Gasteiger partial charge in [0.1, 0.15) is 0 Å². The monoisotopic (exact) mass is 356 g/mol. The molecular formula is C16H25N2O5P. The van der Waals surface area contributed by atoms with Crippen LogP contribution in [-0.2, 0) is 14.1 Å². The van der Waals surface area contributed by atoms with Gasteiger partial charge < -0.3 is 20.3 Å². The van der Waals surface area contributed by atoms with Crippen LogP contribution in [0, 0.1) is 0 Å². The lowest BCUT2D eigenvalue weighted by Crippen LogP contribution is -2.00. The van der Waals surface area contributed by atoms with E-state index in [9.17, 15) is 9.36 Å². The maximum Gasteiger partial charge on any atom is 0.325 e. The molecule has 2 aromatic rings. The van der Waals surface area contributed by atoms with E-state index in [1.54, 1.807) is 0 Å². The molecule has 134 valence electrons. The molecule has 24 heavy (non-hydrogen) atoms. The molecule has 0 aliphatic rings. The van der Waals surface area contributed by atoms with Gasteiger partial charge in [0.05, 0.1) is 12.6 Å². The number of ether oxygens (including phenoxy) is 1. The molecule has 0 aliphatic carbocycles. The van der Waals surface area contributed by atoms with E-state index in [-0.39, 0.29) is 18.6 Å². The molecule has 0 saturated heterocycles. The Bertz CT molecular complexity index is 580. The first kappa shape index (κ1) is 22.2. The van der Waals surface area contributed by atoms with Crippen LogP contribution >= 0.6 is 7.60 Å². The van der Waals surface area contributed by atoms with E-state index in [1.165, 1.54) is 19.5 Å². The highest BCUT2D eigenvalue weighted by Crippen LogP contribution is 2.35. The van der Waals surface area contributed by atoms with E-state index in [0.29, 0.717) is 12.8 Å². The predicted octanol–water partition coefficient (Wildman–Crippen LogP) is 2.32. The maximum atomic E-state index is 10.5. The number of aromatic nitrogens is 1. The molecule has 0 atom stereocenters. The largest absolute Gasteiger partial charge is 0.469 e. The number of carbonyl (C=O) groups is 1. The van der Waals surface area contributed by atoms with Gasteiger partial charge in [-0.05, 0) is 32.0 Å². The van der Waals surface area contributed by atoms with Gasteiger partial charge >= 0.3 is 13.6 Å². The van der Waals surface area contributed by atoms with Gasteiger partial charge in [-0.1, -0.05) is 24.3 Å². The second-order valence-corrected chi connectivity index (χ2v) is 6.39. The molecule has 1 aromatic heterocycles. The van der Waals surface area contributed by atoms with Crippen LogP contribution in [0.1, 0.15) is 19.3 Å². The summed E-state index contributed by atoms with van der Waals surface area (Å²) in [5.41, 5.74) is 5.56. The fourth-order valence-electron chi connectivity index (χ4n) is 1.71. The Balaban J connectivity index is 0.000000402. The van der Waals surface area contributed by atoms with E-state index in [1.807, 2.05) is 30.5 Å². The summed E-state index contributed by atoms with van der Waals surface area (Å²) in [6.45, 7) is 0. The third-order valence-corrected chi connectivity index (χ3v) is 3.72. The van der Waals surface area contributed by atoms with E-state index in [4.69, 9.17) is 9.79 Å². The van der Waals surface area contributed by atoms with Crippen LogP contribution in [0.15, 0.2) is 42.6 Å². The Morgan fingerprint density at radius 2 is 1.79 bits per heavy atom. The topological polar surface area (TPSA) is 123 Å². The smallest absolute Gasteiger partial charge is 0.325 e. The minimum absolute atomic E-state index is 0.163. The van der Waals surface area contributed by atoms with Gasteiger partial charge in [-0.2, -0.15) is 0 Å². The molecule has 1 aromatic carbocycles. The second-order valence-electron chi connectivity index (χ2n) is 4.62. The molecule has 0 fully saturated rings. The van der Waals surface area contributed by atoms with Gasteiger partial charge in [0.2, 0.25) is 0 Å². The quantitative estimate of drug-likeness (QED) is 0.427. The van der Waals surface area contributed by atoms with Crippen molar-refractivity contribution in [3.63, 3.8) is 0 Å². The number of unbranched alkanes of at least 4 members (excludes halogenated alkanes) is 1. The molecule has 1 heterocycles. The average Bonchev–Trinajstić information content (AvgIpc) is 2.60. The van der Waals surface area contributed by atoms with Crippen molar-refractivity contribution in [1.82, 2.24) is 4.98 Å². The zero-order valence-electron chi connectivity index (χ0n) is 14.0. The van der Waals surface area contributed by atoms with Crippen molar-refractivity contribution >= 4 is 24.5 Å². The predicted molar refractivity (Wildman–Crippen MR) is 94.6 cm³/mol. The molecule has 4 N–H and O–H groups in total. The normalized spacial score (nSPS) is 10.0. The molecular weight excluding hydrogens is 331 g/mol. The molecule has 8 heteroatoms. The number of carbonyl (C=O) groups excluding carboxylic acids is 1. The Morgan fingerprint density at radius 1 is 1.17 bits per heavy atom. The van der Waals surface area contributed by atoms with Gasteiger partial charge in [0.15, 0.2) is 0 Å². The van der Waals surface area contributed by atoms with Crippen LogP contribution in [0.2, 0.25) is 0 Å². The fraction of sp³-hybridized carbons (Fsp3) is 0.375. The zero-order chi connectivity index (χ0) is 18.4. The molecule has 2 rings (SSSR count). The zero-order valence-corrected chi connectivity index (χ0v) is 14.9. The van der Waals surface area contributed by atoms with E-state index in [0.717, 1.165) is 5.52 Å². The molecule has 0 amide bonds. The van der Waals surface area contributed by atoms with E-state index < -0.39 is 7.60 Å². The van der Waals surface area contributed by atoms with Gasteiger partial charge in [-0.3, -0.25) is 14.3 Å². The highest BCUT2D eigenvalue weighted by atomic mass is 31.2. The standard InChI is InChI=1S/C9H7N.C6H13O5P.CH5N/c1-2-6-9-8(4-1)5-3-7-10-9;1-11-6(7)4-2-3-5-12(8,9)10;1-2/h1-7H;2-5H2,1H3,(H2,8,9,10);2H2,1H3. The summed E-state index contributed by atoms with van der Waals surface area (Å²) in [6, 6.07) is 12.1. The molecule has 7 nitrogen and oxygen atoms in total. The molecule has 0 bridgehead atoms. The first-order valence-electron chi connectivity index (χ1n) is 7.41. The van der Waals surface area contributed by atoms with Crippen LogP contribution in [0.4, 0.5) is 0 Å². The van der Waals surface area contributed by atoms with Gasteiger partial charge in [-0.15, -0.1) is 0 Å². The van der Waals surface area contributed by atoms with Crippen LogP contribution in [0.25, 0.3) is 10.9 Å². The number of nitrogens with two attached hydrogens (primary N) is 1. The number of nitrogens with zero attached hydrogens (tertiary/aromatic N) is 1. The Morgan fingerprint density at radius 3 is 2.38 bits per heavy atom. The van der Waals surface area contributed by atoms with Crippen LogP contribution in [-0.4, -0.2) is 41.1 Å². The van der Waals surface area contributed by atoms with Crippen molar-refractivity contribution in [1.29, 1.82) is 0 Å². The van der Waals surface area contributed by atoms with Gasteiger partial charge in [-0.25, -0.2) is 0 Å². The average molecular weight is 356 g/mol. The first-order valence-corrected chi connectivity index (χ1v) is 9.21. The van der Waals surface area contributed by atoms with Gasteiger partial charge in [0, 0.05) is 24.2 Å². The van der Waals surface area contributed by atoms with Gasteiger partial charge in [0.25, 0.3) is 0 Å². The summed E-state index contributed by atoms with van der Waals surface area (Å²) in [5, 5.41) is 1.20. The third-order valence-electron chi connectivity index (χ3n) is 2.82. The van der Waals surface area contributed by atoms with E-state index >= 15 is 0 Å². The molecule has 0 aliphatic heterocycles. The summed E-state index contributed by atoms with van der Waals surface area (Å²) in [4.78, 5) is 31.6. The number of benzene rings is 1. The fourth-order valence-corrected chi connectivity index (χ4v) is 2.34. The van der Waals surface area contributed by atoms with Crippen molar-refractivity contribution < 1.29 is 23.9 Å². The van der Waals surface area contributed by atoms with Crippen LogP contribution < -0.4 is 5.73 Å². The van der Waals surface area contributed by atoms with Crippen molar-refractivity contribution in [3.05, 3.63) is 42.6 Å². The number of hydrogen-bond donors (Lipinski definition) is 3. The number of fused-ring (bicyclic) bond motifs is 1. The highest BCUT2D eigenvalue weighted by Gasteiger charge is 2.11. The van der Waals surface area contributed by atoms with Crippen molar-refractivity contribution in [2.75, 3.05) is 20.3 Å². The Labute approximate surface area is 142 Å². The van der Waals surface area contributed by atoms with Crippen LogP contribution in [0.5, 0.6) is 0 Å². The number of methoxy groups -OCH3 is 1. The molecule has 0 spiro atoms. The summed E-state index contributed by atoms with van der Waals surface area (Å²) in [5.74, 6) is -0.347. The summed E-state index contributed by atoms with van der Waals surface area (Å²) in [6.07, 6.45) is 2.67. The third kappa shape index (κ3) is 10.9. The van der Waals surface area contributed by atoms with Crippen LogP contribution in [0.3, 0.4) is 0 Å².